The van der Waals surface area contributed by atoms with Gasteiger partial charge in [0.1, 0.15) is 0 Å². The lowest BCUT2D eigenvalue weighted by Crippen LogP contribution is -2.34. The van der Waals surface area contributed by atoms with Gasteiger partial charge in [0.25, 0.3) is 0 Å². The van der Waals surface area contributed by atoms with Gasteiger partial charge in [0.15, 0.2) is 0 Å². The van der Waals surface area contributed by atoms with E-state index in [9.17, 15) is 4.79 Å². The predicted octanol–water partition coefficient (Wildman–Crippen LogP) is 3.23. The van der Waals surface area contributed by atoms with Gasteiger partial charge in [-0.05, 0) is 56.3 Å². The molecule has 2 aliphatic rings. The molecule has 20 heavy (non-hydrogen) atoms. The van der Waals surface area contributed by atoms with Crippen molar-refractivity contribution in [3.63, 3.8) is 0 Å². The third-order valence-corrected chi connectivity index (χ3v) is 5.50. The highest BCUT2D eigenvalue weighted by Crippen LogP contribution is 2.30. The van der Waals surface area contributed by atoms with Crippen molar-refractivity contribution < 1.29 is 4.79 Å². The molecule has 2 aliphatic carbocycles. The largest absolute Gasteiger partial charge is 0.356 e. The van der Waals surface area contributed by atoms with E-state index in [1.165, 1.54) is 32.1 Å². The maximum atomic E-state index is 12.0. The summed E-state index contributed by atoms with van der Waals surface area (Å²) in [7, 11) is 0. The molecule has 2 fully saturated rings. The maximum Gasteiger partial charge on any atom is 0.220 e. The number of rotatable bonds is 5. The minimum atomic E-state index is 0.267. The van der Waals surface area contributed by atoms with Crippen LogP contribution in [0, 0.1) is 17.8 Å². The lowest BCUT2D eigenvalue weighted by atomic mass is 9.81. The topological polar surface area (TPSA) is 55.1 Å². The molecule has 3 heteroatoms. The molecule has 0 aliphatic heterocycles. The highest BCUT2D eigenvalue weighted by molar-refractivity contribution is 5.76. The van der Waals surface area contributed by atoms with Crippen molar-refractivity contribution in [1.29, 1.82) is 0 Å². The summed E-state index contributed by atoms with van der Waals surface area (Å²) >= 11 is 0. The first-order valence-electron chi connectivity index (χ1n) is 8.69. The maximum absolute atomic E-state index is 12.0. The molecule has 0 aromatic heterocycles. The van der Waals surface area contributed by atoms with Crippen molar-refractivity contribution in [2.24, 2.45) is 23.5 Å². The van der Waals surface area contributed by atoms with Gasteiger partial charge in [0, 0.05) is 19.0 Å². The highest BCUT2D eigenvalue weighted by atomic mass is 16.1. The Bertz CT molecular complexity index is 289. The van der Waals surface area contributed by atoms with E-state index in [-0.39, 0.29) is 5.91 Å². The van der Waals surface area contributed by atoms with Crippen LogP contribution in [0.2, 0.25) is 0 Å². The van der Waals surface area contributed by atoms with Crippen molar-refractivity contribution in [1.82, 2.24) is 5.32 Å². The van der Waals surface area contributed by atoms with E-state index in [4.69, 9.17) is 5.73 Å². The van der Waals surface area contributed by atoms with Gasteiger partial charge in [-0.1, -0.05) is 26.2 Å². The quantitative estimate of drug-likeness (QED) is 0.812. The minimum absolute atomic E-state index is 0.267. The van der Waals surface area contributed by atoms with Crippen LogP contribution in [0.15, 0.2) is 0 Å². The van der Waals surface area contributed by atoms with Crippen LogP contribution < -0.4 is 11.1 Å². The average molecular weight is 280 g/mol. The van der Waals surface area contributed by atoms with Crippen LogP contribution in [-0.2, 0) is 4.79 Å². The second-order valence-corrected chi connectivity index (χ2v) is 7.08. The first-order chi connectivity index (χ1) is 9.67. The van der Waals surface area contributed by atoms with E-state index in [1.54, 1.807) is 0 Å². The van der Waals surface area contributed by atoms with Crippen LogP contribution in [0.5, 0.6) is 0 Å². The second kappa shape index (κ2) is 8.02. The molecule has 0 radical (unpaired) electrons. The molecular formula is C17H32N2O. The fraction of sp³-hybridized carbons (Fsp3) is 0.941. The summed E-state index contributed by atoms with van der Waals surface area (Å²) in [5.41, 5.74) is 5.91. The van der Waals surface area contributed by atoms with Crippen LogP contribution in [0.1, 0.15) is 71.1 Å². The summed E-state index contributed by atoms with van der Waals surface area (Å²) in [6, 6.07) is 0.378. The predicted molar refractivity (Wildman–Crippen MR) is 83.3 cm³/mol. The van der Waals surface area contributed by atoms with E-state index in [0.29, 0.717) is 12.0 Å². The van der Waals surface area contributed by atoms with Crippen LogP contribution >= 0.6 is 0 Å². The zero-order valence-electron chi connectivity index (χ0n) is 13.1. The van der Waals surface area contributed by atoms with Crippen molar-refractivity contribution in [3.05, 3.63) is 0 Å². The first-order valence-corrected chi connectivity index (χ1v) is 8.69. The van der Waals surface area contributed by atoms with Gasteiger partial charge in [-0.3, -0.25) is 4.79 Å². The Balaban J connectivity index is 1.58. The number of carbonyl (C=O) groups is 1. The first kappa shape index (κ1) is 15.8. The Hall–Kier alpha value is -0.570. The van der Waals surface area contributed by atoms with Gasteiger partial charge < -0.3 is 11.1 Å². The van der Waals surface area contributed by atoms with Gasteiger partial charge in [-0.15, -0.1) is 0 Å². The average Bonchev–Trinajstić information content (AvgIpc) is 2.48. The van der Waals surface area contributed by atoms with Crippen molar-refractivity contribution in [3.8, 4) is 0 Å². The van der Waals surface area contributed by atoms with Crippen molar-refractivity contribution in [2.45, 2.75) is 77.2 Å². The molecule has 116 valence electrons. The van der Waals surface area contributed by atoms with Crippen molar-refractivity contribution in [2.75, 3.05) is 6.54 Å². The smallest absolute Gasteiger partial charge is 0.220 e. The summed E-state index contributed by atoms with van der Waals surface area (Å²) in [5.74, 6) is 2.50. The van der Waals surface area contributed by atoms with E-state index >= 15 is 0 Å². The summed E-state index contributed by atoms with van der Waals surface area (Å²) in [6.07, 6.45) is 11.8. The Morgan fingerprint density at radius 2 is 1.50 bits per heavy atom. The molecule has 0 unspecified atom stereocenters. The second-order valence-electron chi connectivity index (χ2n) is 7.08. The molecule has 3 N–H and O–H groups in total. The van der Waals surface area contributed by atoms with Gasteiger partial charge in [-0.2, -0.15) is 0 Å². The normalized spacial score (nSPS) is 34.7. The van der Waals surface area contributed by atoms with Gasteiger partial charge in [0.2, 0.25) is 5.91 Å². The zero-order chi connectivity index (χ0) is 14.4. The molecule has 0 aromatic carbocycles. The highest BCUT2D eigenvalue weighted by Gasteiger charge is 2.23. The molecular weight excluding hydrogens is 248 g/mol. The van der Waals surface area contributed by atoms with Gasteiger partial charge in [-0.25, -0.2) is 0 Å². The van der Waals surface area contributed by atoms with Gasteiger partial charge >= 0.3 is 0 Å². The number of amides is 1. The van der Waals surface area contributed by atoms with E-state index < -0.39 is 0 Å². The lowest BCUT2D eigenvalue weighted by Gasteiger charge is -2.28. The molecule has 0 saturated heterocycles. The van der Waals surface area contributed by atoms with Crippen molar-refractivity contribution >= 4 is 5.91 Å². The molecule has 2 saturated carbocycles. The van der Waals surface area contributed by atoms with E-state index in [0.717, 1.165) is 50.5 Å². The molecule has 0 aromatic rings. The Kier molecular flexibility index (Phi) is 6.34. The fourth-order valence-corrected chi connectivity index (χ4v) is 3.83. The number of hydrogen-bond donors (Lipinski definition) is 2. The molecule has 0 atom stereocenters. The van der Waals surface area contributed by atoms with Crippen LogP contribution in [0.3, 0.4) is 0 Å². The molecule has 0 spiro atoms. The molecule has 0 heterocycles. The Labute approximate surface area is 124 Å². The van der Waals surface area contributed by atoms with E-state index in [2.05, 4.69) is 12.2 Å². The SMILES string of the molecule is CCC1CCC(CNC(=O)CC2CCC(N)CC2)CC1. The van der Waals surface area contributed by atoms with E-state index in [1.807, 2.05) is 0 Å². The minimum Gasteiger partial charge on any atom is -0.356 e. The van der Waals surface area contributed by atoms with Crippen LogP contribution in [0.25, 0.3) is 0 Å². The molecule has 2 rings (SSSR count). The summed E-state index contributed by atoms with van der Waals surface area (Å²) < 4.78 is 0. The molecule has 0 bridgehead atoms. The third kappa shape index (κ3) is 5.08. The van der Waals surface area contributed by atoms with Gasteiger partial charge in [0.05, 0.1) is 0 Å². The molecule has 1 amide bonds. The lowest BCUT2D eigenvalue weighted by molar-refractivity contribution is -0.122. The zero-order valence-corrected chi connectivity index (χ0v) is 13.1. The third-order valence-electron chi connectivity index (χ3n) is 5.50. The summed E-state index contributed by atoms with van der Waals surface area (Å²) in [6.45, 7) is 3.20. The number of nitrogens with two attached hydrogens (primary N) is 1. The fourth-order valence-electron chi connectivity index (χ4n) is 3.83. The molecule has 3 nitrogen and oxygen atoms in total. The number of nitrogens with one attached hydrogen (secondary N) is 1. The Morgan fingerprint density at radius 3 is 2.10 bits per heavy atom. The Morgan fingerprint density at radius 1 is 0.950 bits per heavy atom. The van der Waals surface area contributed by atoms with Crippen LogP contribution in [0.4, 0.5) is 0 Å². The monoisotopic (exact) mass is 280 g/mol. The van der Waals surface area contributed by atoms with Crippen LogP contribution in [-0.4, -0.2) is 18.5 Å². The number of hydrogen-bond acceptors (Lipinski definition) is 2. The summed E-state index contributed by atoms with van der Waals surface area (Å²) in [5, 5.41) is 3.17. The number of carbonyl (C=O) groups excluding carboxylic acids is 1. The summed E-state index contributed by atoms with van der Waals surface area (Å²) in [4.78, 5) is 12.0. The standard InChI is InChI=1S/C17H32N2O/c1-2-13-3-5-15(6-4-13)12-19-17(20)11-14-7-9-16(18)10-8-14/h13-16H,2-12,18H2,1H3,(H,19,20).